The Bertz CT molecular complexity index is 133. The first-order valence-corrected chi connectivity index (χ1v) is 3.60. The molecule has 0 aromatic heterocycles. The van der Waals surface area contributed by atoms with E-state index in [0.717, 1.165) is 12.7 Å². The molecule has 0 unspecified atom stereocenters. The van der Waals surface area contributed by atoms with Gasteiger partial charge in [-0.15, -0.1) is 0 Å². The van der Waals surface area contributed by atoms with Gasteiger partial charge in [0.15, 0.2) is 0 Å². The zero-order valence-electron chi connectivity index (χ0n) is 6.98. The quantitative estimate of drug-likeness (QED) is 0.252. The summed E-state index contributed by atoms with van der Waals surface area (Å²) in [7, 11) is 0.626. The van der Waals surface area contributed by atoms with Crippen molar-refractivity contribution in [2.75, 3.05) is 0 Å². The Hall–Kier alpha value is -0.555. The molecule has 0 N–H and O–H groups in total. The van der Waals surface area contributed by atoms with Crippen LogP contribution in [0.3, 0.4) is 0 Å². The summed E-state index contributed by atoms with van der Waals surface area (Å²) in [6.45, 7) is 6.53. The molecule has 0 atom stereocenters. The number of rotatable bonds is 3. The highest BCUT2D eigenvalue weighted by Gasteiger charge is 2.08. The second kappa shape index (κ2) is 4.29. The van der Waals surface area contributed by atoms with Crippen molar-refractivity contribution < 1.29 is 4.79 Å². The second-order valence-electron chi connectivity index (χ2n) is 3.64. The molecule has 0 heterocycles. The van der Waals surface area contributed by atoms with E-state index in [1.807, 2.05) is 0 Å². The van der Waals surface area contributed by atoms with Crippen LogP contribution in [0.5, 0.6) is 0 Å². The summed E-state index contributed by atoms with van der Waals surface area (Å²) in [6, 6.07) is 0. The van der Waals surface area contributed by atoms with Gasteiger partial charge in [-0.25, -0.2) is 4.79 Å². The lowest BCUT2D eigenvalue weighted by molar-refractivity contribution is 0.397. The number of hydrogen-bond donors (Lipinski definition) is 0. The monoisotopic (exact) mass is 139 g/mol. The average Bonchev–Trinajstić information content (AvgIpc) is 1.78. The van der Waals surface area contributed by atoms with E-state index in [1.165, 1.54) is 6.08 Å². The molecule has 0 aliphatic carbocycles. The summed E-state index contributed by atoms with van der Waals surface area (Å²) in [5, 5.41) is 0. The van der Waals surface area contributed by atoms with Gasteiger partial charge in [0, 0.05) is 0 Å². The fourth-order valence-corrected chi connectivity index (χ4v) is 0.734. The highest BCUT2D eigenvalue weighted by Crippen LogP contribution is 2.20. The molecule has 0 radical (unpaired) electrons. The highest BCUT2D eigenvalue weighted by atomic mass is 16.1. The summed E-state index contributed by atoms with van der Waals surface area (Å²) in [5.74, 6) is 0. The Morgan fingerprint density at radius 2 is 2.10 bits per heavy atom. The molecule has 0 rings (SSSR count). The second-order valence-corrected chi connectivity index (χ2v) is 3.64. The molecule has 0 saturated heterocycles. The molecule has 56 valence electrons. The predicted molar refractivity (Wildman–Crippen MR) is 44.1 cm³/mol. The molecule has 0 amide bonds. The van der Waals surface area contributed by atoms with E-state index in [0.29, 0.717) is 12.8 Å². The number of nitrogens with zero attached hydrogens (tertiary/aromatic N) is 1. The van der Waals surface area contributed by atoms with Crippen LogP contribution < -0.4 is 0 Å². The van der Waals surface area contributed by atoms with E-state index < -0.39 is 0 Å². The zero-order chi connectivity index (χ0) is 8.04. The summed E-state index contributed by atoms with van der Waals surface area (Å²) in [4.78, 5) is 13.1. The standard InChI is InChI=1S/C7H14BNO/c1-7(2,3)4-5-8-9-6-10/h8H,4-5H2,1-3H3. The minimum atomic E-state index is 0.360. The molecule has 3 heteroatoms. The normalized spacial score (nSPS) is 10.3. The van der Waals surface area contributed by atoms with Gasteiger partial charge < -0.3 is 0 Å². The summed E-state index contributed by atoms with van der Waals surface area (Å²) >= 11 is 0. The zero-order valence-corrected chi connectivity index (χ0v) is 6.98. The molecule has 0 aliphatic heterocycles. The van der Waals surface area contributed by atoms with E-state index in [4.69, 9.17) is 0 Å². The van der Waals surface area contributed by atoms with Gasteiger partial charge in [0.25, 0.3) is 7.41 Å². The van der Waals surface area contributed by atoms with Crippen LogP contribution in [0.1, 0.15) is 27.2 Å². The van der Waals surface area contributed by atoms with E-state index in [-0.39, 0.29) is 0 Å². The lowest BCUT2D eigenvalue weighted by Gasteiger charge is -2.15. The largest absolute Gasteiger partial charge is 0.278 e. The fraction of sp³-hybridized carbons (Fsp3) is 0.857. The van der Waals surface area contributed by atoms with Crippen LogP contribution >= 0.6 is 0 Å². The van der Waals surface area contributed by atoms with Crippen molar-refractivity contribution in [3.8, 4) is 0 Å². The summed E-state index contributed by atoms with van der Waals surface area (Å²) < 4.78 is 0. The van der Waals surface area contributed by atoms with Crippen LogP contribution in [0.15, 0.2) is 4.90 Å². The molecule has 0 bridgehead atoms. The predicted octanol–water partition coefficient (Wildman–Crippen LogP) is 1.53. The van der Waals surface area contributed by atoms with Crippen molar-refractivity contribution in [1.29, 1.82) is 0 Å². The van der Waals surface area contributed by atoms with Gasteiger partial charge in [0.1, 0.15) is 0 Å². The molecular weight excluding hydrogens is 125 g/mol. The maximum atomic E-state index is 9.64. The molecule has 0 spiro atoms. The molecule has 0 aromatic rings. The number of hydrogen-bond acceptors (Lipinski definition) is 2. The Morgan fingerprint density at radius 1 is 1.50 bits per heavy atom. The first-order chi connectivity index (χ1) is 4.56. The van der Waals surface area contributed by atoms with Crippen molar-refractivity contribution in [3.05, 3.63) is 0 Å². The maximum absolute atomic E-state index is 9.64. The summed E-state index contributed by atoms with van der Waals surface area (Å²) in [5.41, 5.74) is 0.360. The minimum Gasteiger partial charge on any atom is -0.273 e. The van der Waals surface area contributed by atoms with Crippen molar-refractivity contribution >= 4 is 13.5 Å². The van der Waals surface area contributed by atoms with Gasteiger partial charge in [0.05, 0.1) is 0 Å². The van der Waals surface area contributed by atoms with Crippen LogP contribution in [-0.4, -0.2) is 13.5 Å². The number of isocyanates is 1. The van der Waals surface area contributed by atoms with Crippen molar-refractivity contribution in [1.82, 2.24) is 0 Å². The molecule has 2 nitrogen and oxygen atoms in total. The first-order valence-electron chi connectivity index (χ1n) is 3.60. The lowest BCUT2D eigenvalue weighted by atomic mass is 9.79. The molecule has 0 saturated carbocycles. The van der Waals surface area contributed by atoms with Crippen LogP contribution in [-0.2, 0) is 4.79 Å². The fourth-order valence-electron chi connectivity index (χ4n) is 0.734. The summed E-state index contributed by atoms with van der Waals surface area (Å²) in [6.07, 6.45) is 3.62. The molecule has 10 heavy (non-hydrogen) atoms. The molecule has 0 fully saturated rings. The molecular formula is C7H14BNO. The van der Waals surface area contributed by atoms with Crippen LogP contribution in [0.2, 0.25) is 6.32 Å². The maximum Gasteiger partial charge on any atom is 0.278 e. The average molecular weight is 139 g/mol. The minimum absolute atomic E-state index is 0.360. The Balaban J connectivity index is 3.28. The van der Waals surface area contributed by atoms with Gasteiger partial charge in [-0.1, -0.05) is 33.5 Å². The van der Waals surface area contributed by atoms with Crippen LogP contribution in [0.4, 0.5) is 0 Å². The third-order valence-corrected chi connectivity index (χ3v) is 1.26. The van der Waals surface area contributed by atoms with E-state index in [9.17, 15) is 4.79 Å². The van der Waals surface area contributed by atoms with Crippen molar-refractivity contribution in [2.24, 2.45) is 10.3 Å². The third kappa shape index (κ3) is 7.44. The SMILES string of the molecule is CC(C)(C)CCBN=C=O. The lowest BCUT2D eigenvalue weighted by Crippen LogP contribution is -2.05. The molecule has 0 aliphatic rings. The Kier molecular flexibility index (Phi) is 4.05. The Labute approximate surface area is 63.0 Å². The van der Waals surface area contributed by atoms with E-state index >= 15 is 0 Å². The van der Waals surface area contributed by atoms with E-state index in [1.54, 1.807) is 0 Å². The Morgan fingerprint density at radius 3 is 2.50 bits per heavy atom. The van der Waals surface area contributed by atoms with Gasteiger partial charge in [-0.05, 0) is 5.41 Å². The van der Waals surface area contributed by atoms with Crippen molar-refractivity contribution in [3.63, 3.8) is 0 Å². The highest BCUT2D eigenvalue weighted by molar-refractivity contribution is 6.34. The van der Waals surface area contributed by atoms with Gasteiger partial charge >= 0.3 is 0 Å². The van der Waals surface area contributed by atoms with Gasteiger partial charge in [-0.2, -0.15) is 0 Å². The topological polar surface area (TPSA) is 29.4 Å². The number of carbonyl (C=O) groups excluding carboxylic acids is 1. The van der Waals surface area contributed by atoms with Crippen LogP contribution in [0, 0.1) is 5.41 Å². The van der Waals surface area contributed by atoms with Crippen LogP contribution in [0.25, 0.3) is 0 Å². The van der Waals surface area contributed by atoms with Gasteiger partial charge in [0.2, 0.25) is 6.08 Å². The van der Waals surface area contributed by atoms with E-state index in [2.05, 4.69) is 25.7 Å². The molecule has 0 aromatic carbocycles. The van der Waals surface area contributed by atoms with Crippen molar-refractivity contribution in [2.45, 2.75) is 33.5 Å². The first kappa shape index (κ1) is 9.44. The van der Waals surface area contributed by atoms with Gasteiger partial charge in [-0.3, -0.25) is 4.90 Å². The third-order valence-electron chi connectivity index (χ3n) is 1.26. The smallest absolute Gasteiger partial charge is 0.273 e.